The average Bonchev–Trinajstić information content (AvgIpc) is 2.79. The molecular formula is C18H21NO4. The molecule has 0 bridgehead atoms. The summed E-state index contributed by atoms with van der Waals surface area (Å²) in [5, 5.41) is 0. The molecule has 0 spiro atoms. The Bertz CT molecular complexity index is 611. The van der Waals surface area contributed by atoms with Gasteiger partial charge in [0.25, 0.3) is 0 Å². The van der Waals surface area contributed by atoms with Gasteiger partial charge < -0.3 is 4.74 Å². The van der Waals surface area contributed by atoms with Crippen LogP contribution in [0.1, 0.15) is 49.9 Å². The lowest BCUT2D eigenvalue weighted by molar-refractivity contribution is -0.122. The number of ether oxygens (including phenoxy) is 1. The Morgan fingerprint density at radius 3 is 2.04 bits per heavy atom. The van der Waals surface area contributed by atoms with Crippen LogP contribution >= 0.6 is 0 Å². The number of fused-ring (bicyclic) bond motifs is 1. The lowest BCUT2D eigenvalue weighted by Crippen LogP contribution is -2.30. The molecule has 1 saturated heterocycles. The lowest BCUT2D eigenvalue weighted by Gasteiger charge is -2.19. The topological polar surface area (TPSA) is 63.7 Å². The largest absolute Gasteiger partial charge is 0.459 e. The molecule has 122 valence electrons. The summed E-state index contributed by atoms with van der Waals surface area (Å²) < 4.78 is 5.13. The van der Waals surface area contributed by atoms with Gasteiger partial charge in [0, 0.05) is 0 Å². The first-order chi connectivity index (χ1) is 11.0. The summed E-state index contributed by atoms with van der Waals surface area (Å²) in [6.07, 6.45) is 3.42. The van der Waals surface area contributed by atoms with Gasteiger partial charge in [0.05, 0.1) is 29.2 Å². The SMILES string of the molecule is CC(C)OC(=O)c1ccc(N2C(=O)[C@H]3CCCC[C@H]3C2=O)cc1. The highest BCUT2D eigenvalue weighted by Crippen LogP contribution is 2.40. The molecule has 1 aromatic carbocycles. The molecule has 2 fully saturated rings. The summed E-state index contributed by atoms with van der Waals surface area (Å²) in [5.41, 5.74) is 0.953. The Morgan fingerprint density at radius 1 is 1.04 bits per heavy atom. The van der Waals surface area contributed by atoms with Crippen LogP contribution in [0.25, 0.3) is 0 Å². The first-order valence-electron chi connectivity index (χ1n) is 8.18. The predicted octanol–water partition coefficient (Wildman–Crippen LogP) is 2.93. The second-order valence-electron chi connectivity index (χ2n) is 6.51. The molecule has 1 saturated carbocycles. The lowest BCUT2D eigenvalue weighted by atomic mass is 9.81. The van der Waals surface area contributed by atoms with Crippen LogP contribution in [0.4, 0.5) is 5.69 Å². The highest BCUT2D eigenvalue weighted by molar-refractivity contribution is 6.22. The van der Waals surface area contributed by atoms with Gasteiger partial charge in [-0.3, -0.25) is 14.5 Å². The van der Waals surface area contributed by atoms with Crippen molar-refractivity contribution in [1.82, 2.24) is 0 Å². The molecule has 23 heavy (non-hydrogen) atoms. The van der Waals surface area contributed by atoms with Gasteiger partial charge in [0.15, 0.2) is 0 Å². The van der Waals surface area contributed by atoms with Gasteiger partial charge in [0.2, 0.25) is 11.8 Å². The van der Waals surface area contributed by atoms with Crippen LogP contribution in [-0.4, -0.2) is 23.9 Å². The second-order valence-corrected chi connectivity index (χ2v) is 6.51. The van der Waals surface area contributed by atoms with E-state index in [-0.39, 0.29) is 29.8 Å². The summed E-state index contributed by atoms with van der Waals surface area (Å²) in [4.78, 5) is 38.2. The minimum absolute atomic E-state index is 0.0998. The van der Waals surface area contributed by atoms with E-state index in [9.17, 15) is 14.4 Å². The highest BCUT2D eigenvalue weighted by Gasteiger charge is 2.48. The molecule has 2 atom stereocenters. The third-order valence-corrected chi connectivity index (χ3v) is 4.55. The molecule has 1 aliphatic heterocycles. The van der Waals surface area contributed by atoms with E-state index in [0.717, 1.165) is 25.7 Å². The van der Waals surface area contributed by atoms with E-state index in [2.05, 4.69) is 0 Å². The Hall–Kier alpha value is -2.17. The van der Waals surface area contributed by atoms with Crippen molar-refractivity contribution in [3.05, 3.63) is 29.8 Å². The van der Waals surface area contributed by atoms with Crippen LogP contribution < -0.4 is 4.90 Å². The summed E-state index contributed by atoms with van der Waals surface area (Å²) in [6.45, 7) is 3.57. The molecule has 0 aromatic heterocycles. The Kier molecular flexibility index (Phi) is 4.20. The summed E-state index contributed by atoms with van der Waals surface area (Å²) >= 11 is 0. The number of esters is 1. The second kappa shape index (κ2) is 6.14. The van der Waals surface area contributed by atoms with Crippen molar-refractivity contribution in [3.63, 3.8) is 0 Å². The van der Waals surface area contributed by atoms with E-state index in [1.54, 1.807) is 38.1 Å². The minimum Gasteiger partial charge on any atom is -0.459 e. The number of amides is 2. The summed E-state index contributed by atoms with van der Waals surface area (Å²) in [5.74, 6) is -0.933. The average molecular weight is 315 g/mol. The van der Waals surface area contributed by atoms with Crippen molar-refractivity contribution < 1.29 is 19.1 Å². The standard InChI is InChI=1S/C18H21NO4/c1-11(2)23-18(22)12-7-9-13(10-8-12)19-16(20)14-5-3-4-6-15(14)17(19)21/h7-11,14-15H,3-6H2,1-2H3/t14-,15+. The van der Waals surface area contributed by atoms with E-state index in [4.69, 9.17) is 4.74 Å². The fourth-order valence-electron chi connectivity index (χ4n) is 3.45. The van der Waals surface area contributed by atoms with Crippen LogP contribution in [0, 0.1) is 11.8 Å². The zero-order valence-corrected chi connectivity index (χ0v) is 13.5. The van der Waals surface area contributed by atoms with E-state index in [1.807, 2.05) is 0 Å². The molecular weight excluding hydrogens is 294 g/mol. The molecule has 1 aliphatic carbocycles. The van der Waals surface area contributed by atoms with Crippen molar-refractivity contribution in [3.8, 4) is 0 Å². The molecule has 0 N–H and O–H groups in total. The maximum Gasteiger partial charge on any atom is 0.338 e. The number of hydrogen-bond donors (Lipinski definition) is 0. The number of imide groups is 1. The molecule has 5 heteroatoms. The Labute approximate surface area is 135 Å². The van der Waals surface area contributed by atoms with E-state index in [1.165, 1.54) is 4.90 Å². The van der Waals surface area contributed by atoms with Crippen molar-refractivity contribution >= 4 is 23.5 Å². The molecule has 2 aliphatic rings. The maximum absolute atomic E-state index is 12.5. The molecule has 0 radical (unpaired) electrons. The van der Waals surface area contributed by atoms with E-state index in [0.29, 0.717) is 11.3 Å². The third kappa shape index (κ3) is 2.87. The highest BCUT2D eigenvalue weighted by atomic mass is 16.5. The monoisotopic (exact) mass is 315 g/mol. The van der Waals surface area contributed by atoms with Gasteiger partial charge in [-0.05, 0) is 51.0 Å². The van der Waals surface area contributed by atoms with Gasteiger partial charge >= 0.3 is 5.97 Å². The first-order valence-corrected chi connectivity index (χ1v) is 8.18. The van der Waals surface area contributed by atoms with Crippen molar-refractivity contribution in [2.75, 3.05) is 4.90 Å². The summed E-state index contributed by atoms with van der Waals surface area (Å²) in [6, 6.07) is 6.49. The quantitative estimate of drug-likeness (QED) is 0.635. The Morgan fingerprint density at radius 2 is 1.57 bits per heavy atom. The normalized spacial score (nSPS) is 24.0. The van der Waals surface area contributed by atoms with Crippen molar-refractivity contribution in [2.45, 2.75) is 45.6 Å². The number of benzene rings is 1. The summed E-state index contributed by atoms with van der Waals surface area (Å²) in [7, 11) is 0. The van der Waals surface area contributed by atoms with Crippen LogP contribution in [0.2, 0.25) is 0 Å². The van der Waals surface area contributed by atoms with Gasteiger partial charge in [-0.15, -0.1) is 0 Å². The van der Waals surface area contributed by atoms with Gasteiger partial charge in [-0.2, -0.15) is 0 Å². The number of anilines is 1. The van der Waals surface area contributed by atoms with Gasteiger partial charge in [-0.25, -0.2) is 4.79 Å². The molecule has 0 unspecified atom stereocenters. The maximum atomic E-state index is 12.5. The van der Waals surface area contributed by atoms with Gasteiger partial charge in [0.1, 0.15) is 0 Å². The van der Waals surface area contributed by atoms with E-state index >= 15 is 0 Å². The Balaban J connectivity index is 1.80. The number of rotatable bonds is 3. The van der Waals surface area contributed by atoms with Crippen LogP contribution in [0.15, 0.2) is 24.3 Å². The zero-order valence-electron chi connectivity index (χ0n) is 13.5. The fourth-order valence-corrected chi connectivity index (χ4v) is 3.45. The van der Waals surface area contributed by atoms with Crippen LogP contribution in [-0.2, 0) is 14.3 Å². The first kappa shape index (κ1) is 15.7. The molecule has 3 rings (SSSR count). The van der Waals surface area contributed by atoms with Crippen LogP contribution in [0.3, 0.4) is 0 Å². The number of nitrogens with zero attached hydrogens (tertiary/aromatic N) is 1. The number of hydrogen-bond acceptors (Lipinski definition) is 4. The number of carbonyl (C=O) groups is 3. The zero-order chi connectivity index (χ0) is 16.6. The van der Waals surface area contributed by atoms with Gasteiger partial charge in [-0.1, -0.05) is 12.8 Å². The predicted molar refractivity (Wildman–Crippen MR) is 84.9 cm³/mol. The number of carbonyl (C=O) groups excluding carboxylic acids is 3. The van der Waals surface area contributed by atoms with Crippen molar-refractivity contribution in [2.24, 2.45) is 11.8 Å². The third-order valence-electron chi connectivity index (χ3n) is 4.55. The molecule has 5 nitrogen and oxygen atoms in total. The molecule has 1 heterocycles. The molecule has 2 amide bonds. The van der Waals surface area contributed by atoms with Crippen molar-refractivity contribution in [1.29, 1.82) is 0 Å². The fraction of sp³-hybridized carbons (Fsp3) is 0.500. The van der Waals surface area contributed by atoms with E-state index < -0.39 is 5.97 Å². The van der Waals surface area contributed by atoms with Crippen LogP contribution in [0.5, 0.6) is 0 Å². The smallest absolute Gasteiger partial charge is 0.338 e. The minimum atomic E-state index is -0.403. The molecule has 1 aromatic rings.